The molecule has 588 valence electrons. The Hall–Kier alpha value is -2.72. The van der Waals surface area contributed by atoms with Crippen LogP contribution in [0.4, 0.5) is 0 Å². The average Bonchev–Trinajstić information content (AvgIpc) is 1.06. The van der Waals surface area contributed by atoms with E-state index in [9.17, 15) is 43.2 Å². The Kier molecular flexibility index (Phi) is 72.5. The maximum Gasteiger partial charge on any atom is 0.472 e. The summed E-state index contributed by atoms with van der Waals surface area (Å²) >= 11 is 0. The summed E-state index contributed by atoms with van der Waals surface area (Å²) in [7, 11) is -9.93. The molecule has 0 aromatic heterocycles. The van der Waals surface area contributed by atoms with Gasteiger partial charge in [-0.1, -0.05) is 353 Å². The first-order valence-electron chi connectivity index (χ1n) is 41.2. The molecule has 0 spiro atoms. The van der Waals surface area contributed by atoms with Crippen molar-refractivity contribution in [2.45, 2.75) is 418 Å². The van der Waals surface area contributed by atoms with E-state index in [-0.39, 0.29) is 25.7 Å². The zero-order valence-corrected chi connectivity index (χ0v) is 66.2. The van der Waals surface area contributed by atoms with E-state index in [0.717, 1.165) is 135 Å². The van der Waals surface area contributed by atoms with Crippen molar-refractivity contribution in [3.8, 4) is 0 Å². The molecule has 17 nitrogen and oxygen atoms in total. The number of hydrogen-bond acceptors (Lipinski definition) is 15. The fraction of sp³-hybridized carbons (Fsp3) is 0.877. The summed E-state index contributed by atoms with van der Waals surface area (Å²) in [6, 6.07) is 0. The predicted molar refractivity (Wildman–Crippen MR) is 409 cm³/mol. The minimum Gasteiger partial charge on any atom is -0.462 e. The second-order valence-corrected chi connectivity index (χ2v) is 31.0. The van der Waals surface area contributed by atoms with Crippen LogP contribution < -0.4 is 0 Å². The number of aliphatic hydroxyl groups is 1. The van der Waals surface area contributed by atoms with Gasteiger partial charge < -0.3 is 33.8 Å². The summed E-state index contributed by atoms with van der Waals surface area (Å²) < 4.78 is 68.7. The van der Waals surface area contributed by atoms with Crippen LogP contribution >= 0.6 is 15.6 Å². The maximum absolute atomic E-state index is 13.1. The molecule has 5 atom stereocenters. The highest BCUT2D eigenvalue weighted by Gasteiger charge is 2.30. The summed E-state index contributed by atoms with van der Waals surface area (Å²) in [5.41, 5.74) is 0. The van der Waals surface area contributed by atoms with Crippen LogP contribution in [0, 0.1) is 0 Å². The average molecular weight is 1460 g/mol. The van der Waals surface area contributed by atoms with Crippen molar-refractivity contribution in [2.24, 2.45) is 0 Å². The molecule has 0 saturated carbocycles. The molecule has 0 rings (SSSR count). The number of phosphoric ester groups is 2. The number of esters is 4. The van der Waals surface area contributed by atoms with E-state index in [1.165, 1.54) is 186 Å². The quantitative estimate of drug-likeness (QED) is 0.0169. The molecule has 100 heavy (non-hydrogen) atoms. The summed E-state index contributed by atoms with van der Waals surface area (Å²) in [5, 5.41) is 10.6. The second-order valence-electron chi connectivity index (χ2n) is 28.1. The number of phosphoric acid groups is 2. The number of rotatable bonds is 79. The second kappa shape index (κ2) is 74.5. The van der Waals surface area contributed by atoms with E-state index in [2.05, 4.69) is 64.2 Å². The van der Waals surface area contributed by atoms with Crippen molar-refractivity contribution in [1.82, 2.24) is 0 Å². The van der Waals surface area contributed by atoms with Gasteiger partial charge in [0.2, 0.25) is 0 Å². The first-order valence-corrected chi connectivity index (χ1v) is 44.2. The zero-order chi connectivity index (χ0) is 73.2. The minimum atomic E-state index is -4.97. The Labute approximate surface area is 611 Å². The number of hydrogen-bond donors (Lipinski definition) is 3. The smallest absolute Gasteiger partial charge is 0.462 e. The number of carbonyl (C=O) groups excluding carboxylic acids is 4. The first kappa shape index (κ1) is 97.3. The molecule has 3 N–H and O–H groups in total. The van der Waals surface area contributed by atoms with Gasteiger partial charge in [-0.3, -0.25) is 37.3 Å². The van der Waals surface area contributed by atoms with Crippen LogP contribution in [0.15, 0.2) is 36.5 Å². The van der Waals surface area contributed by atoms with Gasteiger partial charge in [0.25, 0.3) is 0 Å². The Morgan fingerprint density at radius 3 is 0.800 bits per heavy atom. The molecule has 0 aromatic carbocycles. The van der Waals surface area contributed by atoms with E-state index < -0.39 is 97.5 Å². The summed E-state index contributed by atoms with van der Waals surface area (Å²) in [4.78, 5) is 73.0. The van der Waals surface area contributed by atoms with Crippen LogP contribution in [-0.2, 0) is 65.4 Å². The standard InChI is InChI=1S/C81H152O17P2/c1-5-9-13-17-21-25-29-33-36-37-40-43-46-50-54-58-62-66-79(84)92-72-77(98-81(86)68-64-60-56-52-48-44-39-35-31-27-23-19-15-11-7-3)74-96-100(89,90)94-70-75(82)69-93-99(87,88)95-73-76(97-80(85)67-63-59-55-51-47-41-32-28-24-20-16-12-8-4)71-91-78(83)65-61-57-53-49-45-42-38-34-30-26-22-18-14-10-6-2/h9,13,21,25,33,36,75-77,82H,5-8,10-12,14-20,22-24,26-32,34-35,37-74H2,1-4H3,(H,87,88)(H,89,90)/b13-9-,25-21-,36-33-. The van der Waals surface area contributed by atoms with Gasteiger partial charge in [0.15, 0.2) is 12.2 Å². The number of allylic oxidation sites excluding steroid dienone is 6. The lowest BCUT2D eigenvalue weighted by atomic mass is 10.0. The fourth-order valence-corrected chi connectivity index (χ4v) is 13.5. The molecule has 0 amide bonds. The number of carbonyl (C=O) groups is 4. The highest BCUT2D eigenvalue weighted by molar-refractivity contribution is 7.47. The Morgan fingerprint density at radius 1 is 0.290 bits per heavy atom. The van der Waals surface area contributed by atoms with Crippen LogP contribution in [0.2, 0.25) is 0 Å². The monoisotopic (exact) mass is 1460 g/mol. The molecule has 0 aliphatic rings. The molecule has 0 aliphatic heterocycles. The lowest BCUT2D eigenvalue weighted by Gasteiger charge is -2.21. The Bertz CT molecular complexity index is 2040. The molecule has 0 heterocycles. The molecule has 0 saturated heterocycles. The van der Waals surface area contributed by atoms with E-state index in [1.807, 2.05) is 0 Å². The lowest BCUT2D eigenvalue weighted by molar-refractivity contribution is -0.161. The van der Waals surface area contributed by atoms with Crippen molar-refractivity contribution >= 4 is 39.5 Å². The van der Waals surface area contributed by atoms with Crippen molar-refractivity contribution in [1.29, 1.82) is 0 Å². The van der Waals surface area contributed by atoms with Gasteiger partial charge in [-0.15, -0.1) is 0 Å². The van der Waals surface area contributed by atoms with Crippen molar-refractivity contribution < 1.29 is 80.2 Å². The molecule has 0 fully saturated rings. The topological polar surface area (TPSA) is 237 Å². The van der Waals surface area contributed by atoms with Crippen molar-refractivity contribution in [3.63, 3.8) is 0 Å². The minimum absolute atomic E-state index is 0.102. The van der Waals surface area contributed by atoms with Gasteiger partial charge in [0.05, 0.1) is 26.4 Å². The van der Waals surface area contributed by atoms with Crippen LogP contribution in [0.3, 0.4) is 0 Å². The molecular weight excluding hydrogens is 1310 g/mol. The largest absolute Gasteiger partial charge is 0.472 e. The SMILES string of the molecule is CC/C=C\C/C=C\C/C=C\CCCCCCCCCC(=O)OCC(COP(=O)(O)OCC(O)COP(=O)(O)OCC(COC(=O)CCCCCCCCCCCCCCCCC)OC(=O)CCCCCCCCCCCCCCC)OC(=O)CCCCCCCCCCCCCCCCC. The van der Waals surface area contributed by atoms with Crippen LogP contribution in [-0.4, -0.2) is 96.7 Å². The van der Waals surface area contributed by atoms with Crippen LogP contribution in [0.5, 0.6) is 0 Å². The third-order valence-electron chi connectivity index (χ3n) is 18.1. The van der Waals surface area contributed by atoms with Gasteiger partial charge in [-0.05, 0) is 57.8 Å². The van der Waals surface area contributed by atoms with E-state index in [1.54, 1.807) is 0 Å². The van der Waals surface area contributed by atoms with Gasteiger partial charge in [0.1, 0.15) is 19.3 Å². The summed E-state index contributed by atoms with van der Waals surface area (Å²) in [6.45, 7) is 4.88. The van der Waals surface area contributed by atoms with Crippen LogP contribution in [0.1, 0.15) is 400 Å². The van der Waals surface area contributed by atoms with Gasteiger partial charge in [-0.25, -0.2) is 9.13 Å². The maximum atomic E-state index is 13.1. The Morgan fingerprint density at radius 2 is 0.520 bits per heavy atom. The molecular formula is C81H152O17P2. The first-order chi connectivity index (χ1) is 48.7. The predicted octanol–water partition coefficient (Wildman–Crippen LogP) is 23.9. The summed E-state index contributed by atoms with van der Waals surface area (Å²) in [6.07, 6.45) is 71.1. The van der Waals surface area contributed by atoms with Crippen LogP contribution in [0.25, 0.3) is 0 Å². The summed E-state index contributed by atoms with van der Waals surface area (Å²) in [5.74, 6) is -2.13. The van der Waals surface area contributed by atoms with Gasteiger partial charge in [0, 0.05) is 25.7 Å². The number of ether oxygens (including phenoxy) is 4. The number of aliphatic hydroxyl groups excluding tert-OH is 1. The molecule has 0 aromatic rings. The highest BCUT2D eigenvalue weighted by Crippen LogP contribution is 2.45. The molecule has 19 heteroatoms. The molecule has 0 aliphatic carbocycles. The van der Waals surface area contributed by atoms with E-state index >= 15 is 0 Å². The number of unbranched alkanes of at least 4 members (excludes halogenated alkanes) is 47. The third kappa shape index (κ3) is 73.6. The van der Waals surface area contributed by atoms with E-state index in [4.69, 9.17) is 37.0 Å². The van der Waals surface area contributed by atoms with E-state index in [0.29, 0.717) is 25.7 Å². The van der Waals surface area contributed by atoms with Crippen molar-refractivity contribution in [2.75, 3.05) is 39.6 Å². The molecule has 0 radical (unpaired) electrons. The fourth-order valence-electron chi connectivity index (χ4n) is 11.9. The van der Waals surface area contributed by atoms with Gasteiger partial charge >= 0.3 is 39.5 Å². The Balaban J connectivity index is 5.29. The van der Waals surface area contributed by atoms with Crippen molar-refractivity contribution in [3.05, 3.63) is 36.5 Å². The normalized spacial score (nSPS) is 14.0. The third-order valence-corrected chi connectivity index (χ3v) is 20.1. The van der Waals surface area contributed by atoms with Gasteiger partial charge in [-0.2, -0.15) is 0 Å². The molecule has 0 bridgehead atoms. The zero-order valence-electron chi connectivity index (χ0n) is 64.4. The lowest BCUT2D eigenvalue weighted by Crippen LogP contribution is -2.30. The highest BCUT2D eigenvalue weighted by atomic mass is 31.2. The molecule has 5 unspecified atom stereocenters.